The van der Waals surface area contributed by atoms with Crippen molar-refractivity contribution in [2.24, 2.45) is 0 Å². The Kier molecular flexibility index (Phi) is 10.2. The zero-order valence-electron chi connectivity index (χ0n) is 20.0. The van der Waals surface area contributed by atoms with Crippen LogP contribution in [0.25, 0.3) is 0 Å². The first-order valence-electron chi connectivity index (χ1n) is 11.9. The van der Waals surface area contributed by atoms with Crippen LogP contribution in [-0.2, 0) is 14.8 Å². The summed E-state index contributed by atoms with van der Waals surface area (Å²) in [5, 5.41) is 18.1. The lowest BCUT2D eigenvalue weighted by atomic mass is 10.2. The van der Waals surface area contributed by atoms with E-state index in [9.17, 15) is 13.2 Å². The van der Waals surface area contributed by atoms with Gasteiger partial charge in [0.05, 0.1) is 18.1 Å². The molecule has 35 heavy (non-hydrogen) atoms. The molecular formula is C23H34N6O5S. The Balaban J connectivity index is 1.71. The van der Waals surface area contributed by atoms with Crippen molar-refractivity contribution < 1.29 is 23.1 Å². The fraction of sp³-hybridized carbons (Fsp3) is 0.522. The number of nitrogens with zero attached hydrogens (tertiary/aromatic N) is 3. The summed E-state index contributed by atoms with van der Waals surface area (Å²) in [7, 11) is -3.61. The number of sulfonamides is 1. The van der Waals surface area contributed by atoms with Gasteiger partial charge in [-0.2, -0.15) is 9.29 Å². The van der Waals surface area contributed by atoms with Crippen molar-refractivity contribution in [1.29, 1.82) is 0 Å². The van der Waals surface area contributed by atoms with Gasteiger partial charge < -0.3 is 25.8 Å². The summed E-state index contributed by atoms with van der Waals surface area (Å²) in [5.41, 5.74) is 0.715. The van der Waals surface area contributed by atoms with Crippen LogP contribution in [0.4, 0.5) is 17.5 Å². The maximum Gasteiger partial charge on any atom is 0.260 e. The number of benzene rings is 1. The molecule has 0 aliphatic carbocycles. The number of nitrogens with one attached hydrogen (secondary N) is 3. The number of aliphatic hydroxyl groups is 1. The molecule has 12 heteroatoms. The van der Waals surface area contributed by atoms with E-state index in [1.54, 1.807) is 12.1 Å². The van der Waals surface area contributed by atoms with Gasteiger partial charge in [-0.15, -0.1) is 0 Å². The van der Waals surface area contributed by atoms with E-state index in [1.807, 2.05) is 0 Å². The first kappa shape index (κ1) is 26.8. The minimum atomic E-state index is -3.61. The fourth-order valence-electron chi connectivity index (χ4n) is 3.43. The van der Waals surface area contributed by atoms with Crippen molar-refractivity contribution in [3.8, 4) is 0 Å². The molecule has 1 aliphatic heterocycles. The predicted molar refractivity (Wildman–Crippen MR) is 134 cm³/mol. The standard InChI is InChI=1S/C23H34N6O5S/c1-2-3-10-25-23-26-17-20(21(28-23)24-11-4-5-14-30)22(31)27-18-6-8-19(9-7-18)35(32,33)29-12-15-34-16-13-29/h6-9,17,30H,2-5,10-16H2,1H3,(H,27,31)(H2,24,25,26,28). The number of carbonyl (C=O) groups excluding carboxylic acids is 1. The number of unbranched alkanes of at least 4 members (excludes halogenated alkanes) is 2. The molecule has 1 amide bonds. The number of ether oxygens (including phenoxy) is 1. The summed E-state index contributed by atoms with van der Waals surface area (Å²) in [5.74, 6) is 0.400. The number of aromatic nitrogens is 2. The molecule has 2 aromatic rings. The molecule has 1 aromatic heterocycles. The van der Waals surface area contributed by atoms with Crippen LogP contribution in [0.3, 0.4) is 0 Å². The minimum Gasteiger partial charge on any atom is -0.396 e. The Morgan fingerprint density at radius 3 is 2.49 bits per heavy atom. The van der Waals surface area contributed by atoms with E-state index in [2.05, 4.69) is 32.8 Å². The number of hydrogen-bond acceptors (Lipinski definition) is 9. The Labute approximate surface area is 206 Å². The third-order valence-corrected chi connectivity index (χ3v) is 7.36. The van der Waals surface area contributed by atoms with Crippen LogP contribution < -0.4 is 16.0 Å². The maximum atomic E-state index is 13.0. The van der Waals surface area contributed by atoms with E-state index in [0.29, 0.717) is 56.7 Å². The Morgan fingerprint density at radius 2 is 1.80 bits per heavy atom. The van der Waals surface area contributed by atoms with E-state index in [0.717, 1.165) is 25.8 Å². The summed E-state index contributed by atoms with van der Waals surface area (Å²) in [6.45, 7) is 4.84. The molecule has 1 fully saturated rings. The van der Waals surface area contributed by atoms with E-state index in [-0.39, 0.29) is 17.1 Å². The highest BCUT2D eigenvalue weighted by Gasteiger charge is 2.26. The summed E-state index contributed by atoms with van der Waals surface area (Å²) < 4.78 is 32.2. The van der Waals surface area contributed by atoms with Crippen LogP contribution in [0.2, 0.25) is 0 Å². The lowest BCUT2D eigenvalue weighted by Crippen LogP contribution is -2.40. The van der Waals surface area contributed by atoms with Crippen LogP contribution in [0.1, 0.15) is 43.0 Å². The summed E-state index contributed by atoms with van der Waals surface area (Å²) in [4.78, 5) is 21.9. The van der Waals surface area contributed by atoms with E-state index >= 15 is 0 Å². The number of morpholine rings is 1. The van der Waals surface area contributed by atoms with Crippen LogP contribution in [0.5, 0.6) is 0 Å². The maximum absolute atomic E-state index is 13.0. The molecule has 0 spiro atoms. The average Bonchev–Trinajstić information content (AvgIpc) is 2.88. The second kappa shape index (κ2) is 13.3. The fourth-order valence-corrected chi connectivity index (χ4v) is 4.84. The number of amides is 1. The quantitative estimate of drug-likeness (QED) is 0.300. The summed E-state index contributed by atoms with van der Waals surface area (Å²) in [6, 6.07) is 6.07. The number of hydrogen-bond donors (Lipinski definition) is 4. The molecule has 0 atom stereocenters. The molecule has 1 aromatic carbocycles. The molecule has 0 radical (unpaired) electrons. The first-order valence-corrected chi connectivity index (χ1v) is 13.3. The summed E-state index contributed by atoms with van der Waals surface area (Å²) >= 11 is 0. The van der Waals surface area contributed by atoms with Crippen molar-refractivity contribution in [2.75, 3.05) is 62.0 Å². The van der Waals surface area contributed by atoms with Crippen molar-refractivity contribution in [1.82, 2.24) is 14.3 Å². The molecule has 0 bridgehead atoms. The molecule has 1 saturated heterocycles. The van der Waals surface area contributed by atoms with Gasteiger partial charge in [0.15, 0.2) is 0 Å². The molecule has 1 aliphatic rings. The molecular weight excluding hydrogens is 472 g/mol. The van der Waals surface area contributed by atoms with E-state index in [4.69, 9.17) is 9.84 Å². The third kappa shape index (κ3) is 7.59. The zero-order chi connectivity index (χ0) is 25.1. The Hall–Kier alpha value is -2.80. The van der Waals surface area contributed by atoms with Gasteiger partial charge in [0.25, 0.3) is 5.91 Å². The molecule has 3 rings (SSSR count). The lowest BCUT2D eigenvalue weighted by molar-refractivity contribution is 0.0730. The average molecular weight is 507 g/mol. The van der Waals surface area contributed by atoms with Crippen LogP contribution in [0, 0.1) is 0 Å². The smallest absolute Gasteiger partial charge is 0.260 e. The second-order valence-corrected chi connectivity index (χ2v) is 10.0. The molecule has 0 unspecified atom stereocenters. The van der Waals surface area contributed by atoms with Crippen molar-refractivity contribution >= 4 is 33.4 Å². The molecule has 0 saturated carbocycles. The van der Waals surface area contributed by atoms with Gasteiger partial charge in [-0.3, -0.25) is 4.79 Å². The highest BCUT2D eigenvalue weighted by Crippen LogP contribution is 2.21. The van der Waals surface area contributed by atoms with Crippen molar-refractivity contribution in [3.63, 3.8) is 0 Å². The van der Waals surface area contributed by atoms with E-state index in [1.165, 1.54) is 22.6 Å². The molecule has 2 heterocycles. The van der Waals surface area contributed by atoms with Crippen LogP contribution in [-0.4, -0.2) is 79.7 Å². The summed E-state index contributed by atoms with van der Waals surface area (Å²) in [6.07, 6.45) is 4.83. The number of aliphatic hydroxyl groups excluding tert-OH is 1. The molecule has 192 valence electrons. The van der Waals surface area contributed by atoms with Gasteiger partial charge in [0, 0.05) is 44.7 Å². The van der Waals surface area contributed by atoms with Crippen LogP contribution in [0.15, 0.2) is 35.4 Å². The van der Waals surface area contributed by atoms with Gasteiger partial charge in [0.2, 0.25) is 16.0 Å². The monoisotopic (exact) mass is 506 g/mol. The van der Waals surface area contributed by atoms with Gasteiger partial charge in [0.1, 0.15) is 11.4 Å². The number of rotatable bonds is 13. The highest BCUT2D eigenvalue weighted by molar-refractivity contribution is 7.89. The van der Waals surface area contributed by atoms with Gasteiger partial charge in [-0.05, 0) is 43.5 Å². The van der Waals surface area contributed by atoms with Crippen LogP contribution >= 0.6 is 0 Å². The first-order chi connectivity index (χ1) is 17.0. The van der Waals surface area contributed by atoms with E-state index < -0.39 is 15.9 Å². The largest absolute Gasteiger partial charge is 0.396 e. The van der Waals surface area contributed by atoms with Crippen molar-refractivity contribution in [2.45, 2.75) is 37.5 Å². The van der Waals surface area contributed by atoms with Crippen molar-refractivity contribution in [3.05, 3.63) is 36.0 Å². The third-order valence-electron chi connectivity index (χ3n) is 5.44. The number of carbonyl (C=O) groups is 1. The topological polar surface area (TPSA) is 146 Å². The second-order valence-electron chi connectivity index (χ2n) is 8.09. The zero-order valence-corrected chi connectivity index (χ0v) is 20.8. The molecule has 11 nitrogen and oxygen atoms in total. The minimum absolute atomic E-state index is 0.0971. The predicted octanol–water partition coefficient (Wildman–Crippen LogP) is 2.15. The van der Waals surface area contributed by atoms with Gasteiger partial charge >= 0.3 is 0 Å². The number of anilines is 3. The molecule has 4 N–H and O–H groups in total. The lowest BCUT2D eigenvalue weighted by Gasteiger charge is -2.26. The van der Waals surface area contributed by atoms with Gasteiger partial charge in [-0.25, -0.2) is 13.4 Å². The highest BCUT2D eigenvalue weighted by atomic mass is 32.2. The SMILES string of the molecule is CCCCNc1ncc(C(=O)Nc2ccc(S(=O)(=O)N3CCOCC3)cc2)c(NCCCCO)n1. The Bertz CT molecular complexity index is 1060. The Morgan fingerprint density at radius 1 is 1.09 bits per heavy atom. The van der Waals surface area contributed by atoms with Gasteiger partial charge in [-0.1, -0.05) is 13.3 Å². The normalized spacial score (nSPS) is 14.5.